The van der Waals surface area contributed by atoms with Crippen LogP contribution in [0.15, 0.2) is 53.0 Å². The minimum absolute atomic E-state index is 0.265. The Balaban J connectivity index is 2.08. The van der Waals surface area contributed by atoms with Gasteiger partial charge in [-0.15, -0.1) is 0 Å². The third kappa shape index (κ3) is 2.46. The fourth-order valence-corrected chi connectivity index (χ4v) is 3.27. The third-order valence-electron chi connectivity index (χ3n) is 3.43. The van der Waals surface area contributed by atoms with Gasteiger partial charge in [0, 0.05) is 4.47 Å². The largest absolute Gasteiger partial charge is 0.299 e. The summed E-state index contributed by atoms with van der Waals surface area (Å²) in [5.74, 6) is 0. The lowest BCUT2D eigenvalue weighted by Crippen LogP contribution is -2.38. The number of hydrogen-bond donors (Lipinski definition) is 1. The Morgan fingerprint density at radius 2 is 1.63 bits per heavy atom. The van der Waals surface area contributed by atoms with Crippen LogP contribution in [0.2, 0.25) is 0 Å². The highest BCUT2D eigenvalue weighted by molar-refractivity contribution is 9.10. The van der Waals surface area contributed by atoms with Crippen molar-refractivity contribution in [3.8, 4) is 0 Å². The molecule has 2 aromatic carbocycles. The molecule has 2 nitrogen and oxygen atoms in total. The van der Waals surface area contributed by atoms with E-state index >= 15 is 0 Å². The van der Waals surface area contributed by atoms with Gasteiger partial charge < -0.3 is 0 Å². The molecule has 0 aliphatic carbocycles. The average Bonchev–Trinajstić information content (AvgIpc) is 2.91. The van der Waals surface area contributed by atoms with Gasteiger partial charge in [-0.3, -0.25) is 4.18 Å². The quantitative estimate of drug-likeness (QED) is 0.657. The minimum Gasteiger partial charge on any atom is -0.299 e. The molecule has 0 aromatic heterocycles. The summed E-state index contributed by atoms with van der Waals surface area (Å²) in [5, 5.41) is 0. The Kier molecular flexibility index (Phi) is 3.67. The molecular weight excluding hydrogens is 322 g/mol. The minimum atomic E-state index is -0.265. The first-order chi connectivity index (χ1) is 9.21. The van der Waals surface area contributed by atoms with Gasteiger partial charge in [-0.25, -0.2) is 4.72 Å². The van der Waals surface area contributed by atoms with Crippen molar-refractivity contribution in [2.24, 2.45) is 0 Å². The van der Waals surface area contributed by atoms with E-state index in [1.54, 1.807) is 0 Å². The van der Waals surface area contributed by atoms with E-state index in [1.165, 1.54) is 28.9 Å². The summed E-state index contributed by atoms with van der Waals surface area (Å²) in [6.07, 6.45) is 0. The summed E-state index contributed by atoms with van der Waals surface area (Å²) >= 11 is 4.80. The molecule has 19 heavy (non-hydrogen) atoms. The number of nitrogens with one attached hydrogen (secondary N) is 1. The van der Waals surface area contributed by atoms with Gasteiger partial charge in [-0.05, 0) is 30.2 Å². The van der Waals surface area contributed by atoms with Gasteiger partial charge in [-0.1, -0.05) is 57.9 Å². The zero-order chi connectivity index (χ0) is 13.3. The molecule has 1 heterocycles. The average molecular weight is 336 g/mol. The highest BCUT2D eigenvalue weighted by Crippen LogP contribution is 2.37. The maximum Gasteiger partial charge on any atom is 0.105 e. The van der Waals surface area contributed by atoms with Crippen molar-refractivity contribution >= 4 is 28.2 Å². The number of hydrogen-bond acceptors (Lipinski definition) is 3. The molecule has 98 valence electrons. The Morgan fingerprint density at radius 1 is 1.05 bits per heavy atom. The molecule has 0 bridgehead atoms. The van der Waals surface area contributed by atoms with E-state index in [9.17, 15) is 0 Å². The molecule has 3 rings (SSSR count). The van der Waals surface area contributed by atoms with Gasteiger partial charge >= 0.3 is 0 Å². The molecule has 1 unspecified atom stereocenters. The Labute approximate surface area is 126 Å². The zero-order valence-corrected chi connectivity index (χ0v) is 12.9. The summed E-state index contributed by atoms with van der Waals surface area (Å²) < 4.78 is 10.0. The van der Waals surface area contributed by atoms with Crippen LogP contribution in [0, 0.1) is 6.92 Å². The number of aryl methyl sites for hydroxylation is 1. The van der Waals surface area contributed by atoms with Crippen molar-refractivity contribution in [2.75, 3.05) is 6.61 Å². The Bertz CT molecular complexity index is 514. The van der Waals surface area contributed by atoms with Crippen molar-refractivity contribution in [3.05, 3.63) is 69.7 Å². The lowest BCUT2D eigenvalue weighted by Gasteiger charge is -2.28. The smallest absolute Gasteiger partial charge is 0.105 e. The summed E-state index contributed by atoms with van der Waals surface area (Å²) in [4.78, 5) is 0. The van der Waals surface area contributed by atoms with Crippen molar-refractivity contribution in [2.45, 2.75) is 12.5 Å². The van der Waals surface area contributed by atoms with Crippen LogP contribution in [0.25, 0.3) is 0 Å². The maximum atomic E-state index is 5.52. The van der Waals surface area contributed by atoms with E-state index in [1.807, 2.05) is 0 Å². The van der Waals surface area contributed by atoms with Crippen LogP contribution in [0.4, 0.5) is 0 Å². The van der Waals surface area contributed by atoms with Crippen molar-refractivity contribution in [1.29, 1.82) is 0 Å². The van der Waals surface area contributed by atoms with E-state index in [4.69, 9.17) is 4.18 Å². The van der Waals surface area contributed by atoms with Crippen LogP contribution >= 0.6 is 28.2 Å². The van der Waals surface area contributed by atoms with Crippen LogP contribution in [0.3, 0.4) is 0 Å². The highest BCUT2D eigenvalue weighted by atomic mass is 79.9. The van der Waals surface area contributed by atoms with E-state index in [2.05, 4.69) is 76.1 Å². The summed E-state index contributed by atoms with van der Waals surface area (Å²) in [5.41, 5.74) is 3.44. The first kappa shape index (κ1) is 13.2. The molecule has 1 atom stereocenters. The zero-order valence-electron chi connectivity index (χ0n) is 10.5. The van der Waals surface area contributed by atoms with Crippen molar-refractivity contribution < 1.29 is 4.18 Å². The standard InChI is InChI=1S/C15H14BrNOS/c1-11-2-4-12(5-3-11)15(10-18-19-17-15)13-6-8-14(16)9-7-13/h2-9,17H,10H2,1H3. The van der Waals surface area contributed by atoms with Crippen LogP contribution in [-0.4, -0.2) is 6.61 Å². The summed E-state index contributed by atoms with van der Waals surface area (Å²) in [6, 6.07) is 17.0. The van der Waals surface area contributed by atoms with Crippen LogP contribution in [0.5, 0.6) is 0 Å². The molecule has 0 saturated carbocycles. The predicted molar refractivity (Wildman–Crippen MR) is 82.8 cm³/mol. The SMILES string of the molecule is Cc1ccc(C2(c3ccc(Br)cc3)COSN2)cc1. The normalized spacial score (nSPS) is 22.6. The molecule has 1 aliphatic heterocycles. The first-order valence-corrected chi connectivity index (χ1v) is 7.63. The Hall–Kier alpha value is -0.810. The highest BCUT2D eigenvalue weighted by Gasteiger charge is 2.39. The molecule has 1 saturated heterocycles. The second-order valence-electron chi connectivity index (χ2n) is 4.73. The lowest BCUT2D eigenvalue weighted by molar-refractivity contribution is 0.319. The monoisotopic (exact) mass is 335 g/mol. The molecule has 1 aliphatic rings. The molecule has 4 heteroatoms. The molecule has 0 radical (unpaired) electrons. The van der Waals surface area contributed by atoms with Gasteiger partial charge in [-0.2, -0.15) is 0 Å². The number of benzene rings is 2. The van der Waals surface area contributed by atoms with Crippen LogP contribution in [-0.2, 0) is 9.72 Å². The van der Waals surface area contributed by atoms with Gasteiger partial charge in [0.1, 0.15) is 5.54 Å². The molecule has 1 fully saturated rings. The lowest BCUT2D eigenvalue weighted by atomic mass is 9.84. The summed E-state index contributed by atoms with van der Waals surface area (Å²) in [7, 11) is 0. The van der Waals surface area contributed by atoms with Gasteiger partial charge in [0.25, 0.3) is 0 Å². The summed E-state index contributed by atoms with van der Waals surface area (Å²) in [6.45, 7) is 2.73. The van der Waals surface area contributed by atoms with E-state index < -0.39 is 0 Å². The number of rotatable bonds is 2. The number of halogens is 1. The fourth-order valence-electron chi connectivity index (χ4n) is 2.27. The van der Waals surface area contributed by atoms with E-state index in [0.717, 1.165) is 4.47 Å². The molecule has 1 N–H and O–H groups in total. The van der Waals surface area contributed by atoms with Gasteiger partial charge in [0.2, 0.25) is 0 Å². The second-order valence-corrected chi connectivity index (χ2v) is 6.25. The maximum absolute atomic E-state index is 5.52. The molecule has 0 spiro atoms. The van der Waals surface area contributed by atoms with E-state index in [-0.39, 0.29) is 5.54 Å². The van der Waals surface area contributed by atoms with Crippen molar-refractivity contribution in [1.82, 2.24) is 4.72 Å². The third-order valence-corrected chi connectivity index (χ3v) is 4.63. The Morgan fingerprint density at radius 3 is 2.16 bits per heavy atom. The molecule has 2 aromatic rings. The van der Waals surface area contributed by atoms with Crippen LogP contribution < -0.4 is 4.72 Å². The van der Waals surface area contributed by atoms with E-state index in [0.29, 0.717) is 6.61 Å². The first-order valence-electron chi connectivity index (χ1n) is 6.09. The van der Waals surface area contributed by atoms with Gasteiger partial charge in [0.05, 0.1) is 18.8 Å². The predicted octanol–water partition coefficient (Wildman–Crippen LogP) is 4.18. The fraction of sp³-hybridized carbons (Fsp3) is 0.200. The topological polar surface area (TPSA) is 21.3 Å². The van der Waals surface area contributed by atoms with Crippen molar-refractivity contribution in [3.63, 3.8) is 0 Å². The van der Waals surface area contributed by atoms with Crippen LogP contribution in [0.1, 0.15) is 16.7 Å². The molecule has 0 amide bonds. The second kappa shape index (κ2) is 5.29. The van der Waals surface area contributed by atoms with Gasteiger partial charge in [0.15, 0.2) is 0 Å². The molecular formula is C15H14BrNOS.